The van der Waals surface area contributed by atoms with Gasteiger partial charge in [-0.1, -0.05) is 25.7 Å². The first-order valence-corrected chi connectivity index (χ1v) is 6.96. The van der Waals surface area contributed by atoms with Crippen LogP contribution >= 0.6 is 0 Å². The number of nitro benzene ring substituents is 1. The van der Waals surface area contributed by atoms with Crippen LogP contribution < -0.4 is 10.5 Å². The van der Waals surface area contributed by atoms with E-state index in [1.54, 1.807) is 0 Å². The third-order valence-corrected chi connectivity index (χ3v) is 3.79. The highest BCUT2D eigenvalue weighted by molar-refractivity contribution is 5.47. The Morgan fingerprint density at radius 2 is 1.86 bits per heavy atom. The molecule has 1 aromatic rings. The van der Waals surface area contributed by atoms with Gasteiger partial charge in [0.15, 0.2) is 0 Å². The third-order valence-electron chi connectivity index (χ3n) is 3.79. The second-order valence-corrected chi connectivity index (χ2v) is 5.56. The highest BCUT2D eigenvalue weighted by Crippen LogP contribution is 2.33. The summed E-state index contributed by atoms with van der Waals surface area (Å²) in [5.41, 5.74) is 4.77. The van der Waals surface area contributed by atoms with Crippen LogP contribution in [0.3, 0.4) is 0 Å². The molecular weight excluding hydrogens is 282 g/mol. The largest absolute Gasteiger partial charge is 0.485 e. The van der Waals surface area contributed by atoms with Gasteiger partial charge in [0.1, 0.15) is 12.4 Å². The van der Waals surface area contributed by atoms with E-state index in [4.69, 9.17) is 10.5 Å². The van der Waals surface area contributed by atoms with Crippen molar-refractivity contribution in [2.24, 2.45) is 5.73 Å². The monoisotopic (exact) mass is 300 g/mol. The van der Waals surface area contributed by atoms with E-state index in [0.717, 1.165) is 44.6 Å². The molecule has 2 rings (SSSR count). The van der Waals surface area contributed by atoms with Crippen LogP contribution in [0.1, 0.15) is 38.5 Å². The van der Waals surface area contributed by atoms with Crippen molar-refractivity contribution < 1.29 is 18.4 Å². The van der Waals surface area contributed by atoms with Gasteiger partial charge in [-0.05, 0) is 12.8 Å². The maximum Gasteiger partial charge on any atom is 0.346 e. The van der Waals surface area contributed by atoms with E-state index in [1.807, 2.05) is 0 Å². The highest BCUT2D eigenvalue weighted by atomic mass is 19.1. The molecule has 0 unspecified atom stereocenters. The Hall–Kier alpha value is -1.76. The fourth-order valence-corrected chi connectivity index (χ4v) is 2.63. The molecule has 0 spiro atoms. The van der Waals surface area contributed by atoms with E-state index < -0.39 is 33.5 Å². The molecule has 116 valence electrons. The maximum absolute atomic E-state index is 13.5. The normalized spacial score (nSPS) is 18.0. The predicted octanol–water partition coefficient (Wildman–Crippen LogP) is 3.30. The molecule has 1 aliphatic carbocycles. The topological polar surface area (TPSA) is 78.4 Å². The van der Waals surface area contributed by atoms with Gasteiger partial charge in [0.2, 0.25) is 11.6 Å². The molecule has 1 saturated carbocycles. The Morgan fingerprint density at radius 3 is 2.43 bits per heavy atom. The minimum atomic E-state index is -1.25. The zero-order valence-corrected chi connectivity index (χ0v) is 11.6. The average molecular weight is 300 g/mol. The summed E-state index contributed by atoms with van der Waals surface area (Å²) in [5, 5.41) is 10.9. The summed E-state index contributed by atoms with van der Waals surface area (Å²) in [6.45, 7) is 0.0106. The summed E-state index contributed by atoms with van der Waals surface area (Å²) in [6.07, 6.45) is 5.57. The first-order chi connectivity index (χ1) is 9.91. The second kappa shape index (κ2) is 6.34. The van der Waals surface area contributed by atoms with Crippen molar-refractivity contribution in [2.45, 2.75) is 44.1 Å². The molecule has 21 heavy (non-hydrogen) atoms. The summed E-state index contributed by atoms with van der Waals surface area (Å²) < 4.78 is 32.0. The predicted molar refractivity (Wildman–Crippen MR) is 73.1 cm³/mol. The standard InChI is InChI=1S/C14H18F2N2O3/c15-10-7-11(16)13(18(19)20)12(8-10)21-9-14(17)5-3-1-2-4-6-14/h7-8H,1-6,9,17H2. The number of nitrogens with zero attached hydrogens (tertiary/aromatic N) is 1. The number of nitro groups is 1. The minimum absolute atomic E-state index is 0.0106. The molecular formula is C14H18F2N2O3. The van der Waals surface area contributed by atoms with E-state index >= 15 is 0 Å². The Morgan fingerprint density at radius 1 is 1.24 bits per heavy atom. The summed E-state index contributed by atoms with van der Waals surface area (Å²) >= 11 is 0. The zero-order chi connectivity index (χ0) is 15.5. The van der Waals surface area contributed by atoms with E-state index in [1.165, 1.54) is 0 Å². The van der Waals surface area contributed by atoms with Crippen molar-refractivity contribution in [1.82, 2.24) is 0 Å². The van der Waals surface area contributed by atoms with Gasteiger partial charge >= 0.3 is 5.69 Å². The van der Waals surface area contributed by atoms with Gasteiger partial charge in [-0.25, -0.2) is 4.39 Å². The van der Waals surface area contributed by atoms with Crippen molar-refractivity contribution in [2.75, 3.05) is 6.61 Å². The van der Waals surface area contributed by atoms with E-state index in [0.29, 0.717) is 6.07 Å². The van der Waals surface area contributed by atoms with Crippen LogP contribution in [0.2, 0.25) is 0 Å². The number of ether oxygens (including phenoxy) is 1. The first-order valence-electron chi connectivity index (χ1n) is 6.96. The van der Waals surface area contributed by atoms with Gasteiger partial charge in [0.05, 0.1) is 10.5 Å². The van der Waals surface area contributed by atoms with Crippen molar-refractivity contribution >= 4 is 5.69 Å². The lowest BCUT2D eigenvalue weighted by atomic mass is 9.92. The van der Waals surface area contributed by atoms with Crippen LogP contribution in [0, 0.1) is 21.7 Å². The number of hydrogen-bond donors (Lipinski definition) is 1. The Kier molecular flexibility index (Phi) is 4.72. The van der Waals surface area contributed by atoms with Gasteiger partial charge < -0.3 is 10.5 Å². The lowest BCUT2D eigenvalue weighted by Gasteiger charge is -2.27. The van der Waals surface area contributed by atoms with E-state index in [-0.39, 0.29) is 6.61 Å². The molecule has 1 aromatic carbocycles. The first kappa shape index (κ1) is 15.6. The molecule has 0 atom stereocenters. The fourth-order valence-electron chi connectivity index (χ4n) is 2.63. The van der Waals surface area contributed by atoms with Gasteiger partial charge in [-0.2, -0.15) is 4.39 Å². The van der Waals surface area contributed by atoms with Gasteiger partial charge in [0.25, 0.3) is 0 Å². The quantitative estimate of drug-likeness (QED) is 0.525. The van der Waals surface area contributed by atoms with Crippen LogP contribution in [0.4, 0.5) is 14.5 Å². The summed E-state index contributed by atoms with van der Waals surface area (Å²) in [6, 6.07) is 1.29. The molecule has 0 bridgehead atoms. The molecule has 1 aliphatic rings. The molecule has 7 heteroatoms. The maximum atomic E-state index is 13.5. The van der Waals surface area contributed by atoms with Crippen molar-refractivity contribution in [3.63, 3.8) is 0 Å². The fraction of sp³-hybridized carbons (Fsp3) is 0.571. The summed E-state index contributed by atoms with van der Waals surface area (Å²) in [4.78, 5) is 9.96. The van der Waals surface area contributed by atoms with Crippen LogP contribution in [0.15, 0.2) is 12.1 Å². The van der Waals surface area contributed by atoms with Gasteiger partial charge in [-0.3, -0.25) is 10.1 Å². The zero-order valence-electron chi connectivity index (χ0n) is 11.6. The lowest BCUT2D eigenvalue weighted by Crippen LogP contribution is -2.45. The van der Waals surface area contributed by atoms with Crippen LogP contribution in [-0.2, 0) is 0 Å². The average Bonchev–Trinajstić information content (AvgIpc) is 2.60. The van der Waals surface area contributed by atoms with Crippen molar-refractivity contribution in [1.29, 1.82) is 0 Å². The Bertz CT molecular complexity index is 529. The summed E-state index contributed by atoms with van der Waals surface area (Å²) in [5.74, 6) is -2.58. The number of rotatable bonds is 4. The molecule has 1 fully saturated rings. The van der Waals surface area contributed by atoms with Crippen molar-refractivity contribution in [3.05, 3.63) is 33.9 Å². The van der Waals surface area contributed by atoms with E-state index in [2.05, 4.69) is 0 Å². The van der Waals surface area contributed by atoms with Crippen LogP contribution in [-0.4, -0.2) is 17.1 Å². The highest BCUT2D eigenvalue weighted by Gasteiger charge is 2.30. The minimum Gasteiger partial charge on any atom is -0.485 e. The number of nitrogens with two attached hydrogens (primary N) is 1. The van der Waals surface area contributed by atoms with Crippen molar-refractivity contribution in [3.8, 4) is 5.75 Å². The SMILES string of the molecule is NC1(COc2cc(F)cc(F)c2[N+](=O)[O-])CCCCCC1. The molecule has 0 saturated heterocycles. The summed E-state index contributed by atoms with van der Waals surface area (Å²) in [7, 11) is 0. The molecule has 5 nitrogen and oxygen atoms in total. The molecule has 2 N–H and O–H groups in total. The van der Waals surface area contributed by atoms with Crippen LogP contribution in [0.25, 0.3) is 0 Å². The van der Waals surface area contributed by atoms with Gasteiger partial charge in [0, 0.05) is 12.1 Å². The van der Waals surface area contributed by atoms with Gasteiger partial charge in [-0.15, -0.1) is 0 Å². The Labute approximate surface area is 121 Å². The van der Waals surface area contributed by atoms with Crippen LogP contribution in [0.5, 0.6) is 5.75 Å². The molecule has 0 amide bonds. The van der Waals surface area contributed by atoms with E-state index in [9.17, 15) is 18.9 Å². The number of halogens is 2. The number of benzene rings is 1. The Balaban J connectivity index is 2.17. The molecule has 0 aromatic heterocycles. The third kappa shape index (κ3) is 3.87. The molecule has 0 heterocycles. The number of hydrogen-bond acceptors (Lipinski definition) is 4. The second-order valence-electron chi connectivity index (χ2n) is 5.56. The smallest absolute Gasteiger partial charge is 0.346 e. The molecule has 0 radical (unpaired) electrons. The molecule has 0 aliphatic heterocycles. The lowest BCUT2D eigenvalue weighted by molar-refractivity contribution is -0.388.